The van der Waals surface area contributed by atoms with Gasteiger partial charge in [0.1, 0.15) is 12.1 Å². The molecule has 0 radical (unpaired) electrons. The molecule has 1 aliphatic heterocycles. The predicted octanol–water partition coefficient (Wildman–Crippen LogP) is 2.15. The van der Waals surface area contributed by atoms with Gasteiger partial charge < -0.3 is 10.6 Å². The zero-order valence-corrected chi connectivity index (χ0v) is 10.7. The molecular formula is C13H22N4. The molecular weight excluding hydrogens is 212 g/mol. The molecule has 1 aromatic heterocycles. The van der Waals surface area contributed by atoms with Crippen molar-refractivity contribution in [3.8, 4) is 0 Å². The number of nitrogens with one attached hydrogen (secondary N) is 2. The number of hydrogen-bond acceptors (Lipinski definition) is 4. The van der Waals surface area contributed by atoms with Gasteiger partial charge in [0.05, 0.1) is 0 Å². The standard InChI is InChI=1S/C13H22N4/c1-10(2)12-8-13(17-9-16-12)15-7-5-11-4-3-6-14-11/h8-11,14H,3-7H2,1-2H3,(H,15,16,17)/t11-/m0/s1. The lowest BCUT2D eigenvalue weighted by atomic mass is 10.1. The minimum Gasteiger partial charge on any atom is -0.370 e. The van der Waals surface area contributed by atoms with Crippen LogP contribution in [0.5, 0.6) is 0 Å². The van der Waals surface area contributed by atoms with E-state index in [-0.39, 0.29) is 0 Å². The highest BCUT2D eigenvalue weighted by Crippen LogP contribution is 2.14. The van der Waals surface area contributed by atoms with Crippen molar-refractivity contribution in [3.63, 3.8) is 0 Å². The van der Waals surface area contributed by atoms with Crippen LogP contribution in [0.25, 0.3) is 0 Å². The molecule has 1 atom stereocenters. The molecule has 0 bridgehead atoms. The smallest absolute Gasteiger partial charge is 0.129 e. The van der Waals surface area contributed by atoms with E-state index in [1.165, 1.54) is 25.8 Å². The average Bonchev–Trinajstić information content (AvgIpc) is 2.82. The molecule has 4 heteroatoms. The molecule has 0 aromatic carbocycles. The van der Waals surface area contributed by atoms with E-state index < -0.39 is 0 Å². The summed E-state index contributed by atoms with van der Waals surface area (Å²) in [6.45, 7) is 6.45. The van der Waals surface area contributed by atoms with Crippen molar-refractivity contribution in [2.75, 3.05) is 18.4 Å². The van der Waals surface area contributed by atoms with E-state index in [2.05, 4.69) is 34.4 Å². The predicted molar refractivity (Wildman–Crippen MR) is 70.3 cm³/mol. The Balaban J connectivity index is 1.79. The third-order valence-electron chi connectivity index (χ3n) is 3.24. The van der Waals surface area contributed by atoms with Gasteiger partial charge in [-0.2, -0.15) is 0 Å². The van der Waals surface area contributed by atoms with E-state index in [1.807, 2.05) is 6.07 Å². The zero-order valence-electron chi connectivity index (χ0n) is 10.7. The molecule has 17 heavy (non-hydrogen) atoms. The summed E-state index contributed by atoms with van der Waals surface area (Å²) >= 11 is 0. The van der Waals surface area contributed by atoms with E-state index in [9.17, 15) is 0 Å². The van der Waals surface area contributed by atoms with Crippen LogP contribution in [-0.2, 0) is 0 Å². The number of hydrogen-bond donors (Lipinski definition) is 2. The third-order valence-corrected chi connectivity index (χ3v) is 3.24. The molecule has 1 fully saturated rings. The summed E-state index contributed by atoms with van der Waals surface area (Å²) in [5.41, 5.74) is 1.10. The summed E-state index contributed by atoms with van der Waals surface area (Å²) in [4.78, 5) is 8.50. The van der Waals surface area contributed by atoms with E-state index in [0.29, 0.717) is 12.0 Å². The Hall–Kier alpha value is -1.16. The maximum atomic E-state index is 4.26. The first-order chi connectivity index (χ1) is 8.25. The second-order valence-electron chi connectivity index (χ2n) is 4.99. The van der Waals surface area contributed by atoms with Gasteiger partial charge in [-0.1, -0.05) is 13.8 Å². The van der Waals surface area contributed by atoms with Crippen LogP contribution in [0, 0.1) is 0 Å². The Morgan fingerprint density at radius 2 is 2.35 bits per heavy atom. The van der Waals surface area contributed by atoms with Crippen LogP contribution < -0.4 is 10.6 Å². The Morgan fingerprint density at radius 1 is 1.47 bits per heavy atom. The Morgan fingerprint density at radius 3 is 3.06 bits per heavy atom. The summed E-state index contributed by atoms with van der Waals surface area (Å²) in [7, 11) is 0. The molecule has 0 aliphatic carbocycles. The molecule has 94 valence electrons. The second-order valence-corrected chi connectivity index (χ2v) is 4.99. The van der Waals surface area contributed by atoms with Gasteiger partial charge in [0.25, 0.3) is 0 Å². The lowest BCUT2D eigenvalue weighted by molar-refractivity contribution is 0.574. The Kier molecular flexibility index (Phi) is 4.31. The van der Waals surface area contributed by atoms with Crippen LogP contribution in [0.15, 0.2) is 12.4 Å². The topological polar surface area (TPSA) is 49.8 Å². The van der Waals surface area contributed by atoms with Crippen molar-refractivity contribution in [1.82, 2.24) is 15.3 Å². The number of rotatable bonds is 5. The van der Waals surface area contributed by atoms with Crippen molar-refractivity contribution in [3.05, 3.63) is 18.1 Å². The number of aromatic nitrogens is 2. The fourth-order valence-corrected chi connectivity index (χ4v) is 2.16. The molecule has 4 nitrogen and oxygen atoms in total. The van der Waals surface area contributed by atoms with E-state index in [4.69, 9.17) is 0 Å². The maximum absolute atomic E-state index is 4.26. The fourth-order valence-electron chi connectivity index (χ4n) is 2.16. The summed E-state index contributed by atoms with van der Waals surface area (Å²) in [6, 6.07) is 2.74. The van der Waals surface area contributed by atoms with Crippen molar-refractivity contribution in [1.29, 1.82) is 0 Å². The van der Waals surface area contributed by atoms with Gasteiger partial charge in [-0.3, -0.25) is 0 Å². The first-order valence-corrected chi connectivity index (χ1v) is 6.55. The van der Waals surface area contributed by atoms with E-state index in [0.717, 1.165) is 18.1 Å². The highest BCUT2D eigenvalue weighted by molar-refractivity contribution is 5.35. The molecule has 1 aliphatic rings. The highest BCUT2D eigenvalue weighted by atomic mass is 15.0. The summed E-state index contributed by atoms with van der Waals surface area (Å²) in [6.07, 6.45) is 5.44. The number of nitrogens with zero attached hydrogens (tertiary/aromatic N) is 2. The summed E-state index contributed by atoms with van der Waals surface area (Å²) < 4.78 is 0. The molecule has 2 heterocycles. The third kappa shape index (κ3) is 3.66. The van der Waals surface area contributed by atoms with Gasteiger partial charge in [-0.25, -0.2) is 9.97 Å². The molecule has 1 aromatic rings. The lowest BCUT2D eigenvalue weighted by Crippen LogP contribution is -2.24. The van der Waals surface area contributed by atoms with E-state index in [1.54, 1.807) is 6.33 Å². The molecule has 0 saturated carbocycles. The van der Waals surface area contributed by atoms with Crippen LogP contribution >= 0.6 is 0 Å². The van der Waals surface area contributed by atoms with Crippen LogP contribution in [0.1, 0.15) is 44.7 Å². The summed E-state index contributed by atoms with van der Waals surface area (Å²) in [5.74, 6) is 1.40. The van der Waals surface area contributed by atoms with Crippen LogP contribution in [0.2, 0.25) is 0 Å². The monoisotopic (exact) mass is 234 g/mol. The minimum atomic E-state index is 0.454. The Bertz CT molecular complexity index is 345. The van der Waals surface area contributed by atoms with Crippen molar-refractivity contribution in [2.24, 2.45) is 0 Å². The molecule has 0 unspecified atom stereocenters. The van der Waals surface area contributed by atoms with Gasteiger partial charge in [0.2, 0.25) is 0 Å². The van der Waals surface area contributed by atoms with Crippen molar-refractivity contribution < 1.29 is 0 Å². The van der Waals surface area contributed by atoms with Gasteiger partial charge in [0, 0.05) is 24.3 Å². The largest absolute Gasteiger partial charge is 0.370 e. The molecule has 0 spiro atoms. The van der Waals surface area contributed by atoms with E-state index >= 15 is 0 Å². The molecule has 2 N–H and O–H groups in total. The maximum Gasteiger partial charge on any atom is 0.129 e. The lowest BCUT2D eigenvalue weighted by Gasteiger charge is -2.12. The first kappa shape index (κ1) is 12.3. The number of anilines is 1. The van der Waals surface area contributed by atoms with Crippen molar-refractivity contribution in [2.45, 2.75) is 45.1 Å². The zero-order chi connectivity index (χ0) is 12.1. The van der Waals surface area contributed by atoms with Gasteiger partial charge in [-0.05, 0) is 31.7 Å². The molecule has 0 amide bonds. The van der Waals surface area contributed by atoms with Crippen LogP contribution in [0.3, 0.4) is 0 Å². The van der Waals surface area contributed by atoms with Crippen LogP contribution in [-0.4, -0.2) is 29.1 Å². The van der Waals surface area contributed by atoms with Gasteiger partial charge in [0.15, 0.2) is 0 Å². The summed E-state index contributed by atoms with van der Waals surface area (Å²) in [5, 5.41) is 6.88. The van der Waals surface area contributed by atoms with Crippen molar-refractivity contribution >= 4 is 5.82 Å². The second kappa shape index (κ2) is 5.96. The highest BCUT2D eigenvalue weighted by Gasteiger charge is 2.13. The minimum absolute atomic E-state index is 0.454. The molecule has 1 saturated heterocycles. The van der Waals surface area contributed by atoms with Gasteiger partial charge in [-0.15, -0.1) is 0 Å². The SMILES string of the molecule is CC(C)c1cc(NCC[C@@H]2CCCN2)ncn1. The normalized spacial score (nSPS) is 19.8. The van der Waals surface area contributed by atoms with Crippen LogP contribution in [0.4, 0.5) is 5.82 Å². The fraction of sp³-hybridized carbons (Fsp3) is 0.692. The average molecular weight is 234 g/mol. The molecule has 2 rings (SSSR count). The van der Waals surface area contributed by atoms with Gasteiger partial charge >= 0.3 is 0 Å². The first-order valence-electron chi connectivity index (χ1n) is 6.55. The Labute approximate surface area is 103 Å². The quantitative estimate of drug-likeness (QED) is 0.819.